The van der Waals surface area contributed by atoms with Gasteiger partial charge in [0.25, 0.3) is 0 Å². The SMILES string of the molecule is CC(C)(C)OC(=O)N1CCC(F)(CN)C(O)C1. The molecule has 1 heterocycles. The number of ether oxygens (including phenoxy) is 1. The highest BCUT2D eigenvalue weighted by Gasteiger charge is 2.43. The summed E-state index contributed by atoms with van der Waals surface area (Å²) in [5, 5.41) is 9.64. The van der Waals surface area contributed by atoms with Crippen LogP contribution in [0.4, 0.5) is 9.18 Å². The van der Waals surface area contributed by atoms with Crippen LogP contribution in [0.1, 0.15) is 27.2 Å². The summed E-state index contributed by atoms with van der Waals surface area (Å²) in [6.45, 7) is 5.15. The first-order valence-electron chi connectivity index (χ1n) is 5.73. The molecule has 0 aromatic heterocycles. The summed E-state index contributed by atoms with van der Waals surface area (Å²) in [5.74, 6) is 0. The summed E-state index contributed by atoms with van der Waals surface area (Å²) in [4.78, 5) is 13.0. The zero-order valence-corrected chi connectivity index (χ0v) is 10.6. The summed E-state index contributed by atoms with van der Waals surface area (Å²) >= 11 is 0. The smallest absolute Gasteiger partial charge is 0.410 e. The minimum absolute atomic E-state index is 0.0317. The van der Waals surface area contributed by atoms with Crippen molar-refractivity contribution in [3.63, 3.8) is 0 Å². The van der Waals surface area contributed by atoms with Crippen LogP contribution in [0, 0.1) is 0 Å². The van der Waals surface area contributed by atoms with E-state index in [-0.39, 0.29) is 26.1 Å². The van der Waals surface area contributed by atoms with Crippen LogP contribution in [0.15, 0.2) is 0 Å². The topological polar surface area (TPSA) is 75.8 Å². The zero-order valence-electron chi connectivity index (χ0n) is 10.6. The van der Waals surface area contributed by atoms with Crippen LogP contribution in [0.25, 0.3) is 0 Å². The molecule has 5 nitrogen and oxygen atoms in total. The first-order chi connectivity index (χ1) is 7.68. The van der Waals surface area contributed by atoms with Gasteiger partial charge in [0.15, 0.2) is 5.67 Å². The third-order valence-corrected chi connectivity index (χ3v) is 2.78. The molecule has 1 amide bonds. The Morgan fingerprint density at radius 3 is 2.65 bits per heavy atom. The monoisotopic (exact) mass is 248 g/mol. The van der Waals surface area contributed by atoms with Crippen LogP contribution in [0.3, 0.4) is 0 Å². The maximum Gasteiger partial charge on any atom is 0.410 e. The zero-order chi connectivity index (χ0) is 13.3. The standard InChI is InChI=1S/C11H21FN2O3/c1-10(2,3)17-9(16)14-5-4-11(12,7-13)8(15)6-14/h8,15H,4-7,13H2,1-3H3. The van der Waals surface area contributed by atoms with Gasteiger partial charge in [0, 0.05) is 19.5 Å². The molecule has 2 unspecified atom stereocenters. The highest BCUT2D eigenvalue weighted by molar-refractivity contribution is 5.68. The quantitative estimate of drug-likeness (QED) is 0.714. The summed E-state index contributed by atoms with van der Waals surface area (Å²) < 4.78 is 19.1. The number of aliphatic hydroxyl groups is 1. The Bertz CT molecular complexity index is 293. The lowest BCUT2D eigenvalue weighted by atomic mass is 9.91. The number of alkyl halides is 1. The molecule has 2 atom stereocenters. The average molecular weight is 248 g/mol. The van der Waals surface area contributed by atoms with Gasteiger partial charge in [-0.25, -0.2) is 9.18 Å². The van der Waals surface area contributed by atoms with Crippen LogP contribution in [0.2, 0.25) is 0 Å². The molecular weight excluding hydrogens is 227 g/mol. The van der Waals surface area contributed by atoms with Crippen molar-refractivity contribution in [1.82, 2.24) is 4.90 Å². The molecule has 1 rings (SSSR count). The number of halogens is 1. The fraction of sp³-hybridized carbons (Fsp3) is 0.909. The van der Waals surface area contributed by atoms with Crippen LogP contribution >= 0.6 is 0 Å². The number of hydrogen-bond donors (Lipinski definition) is 2. The van der Waals surface area contributed by atoms with Gasteiger partial charge >= 0.3 is 6.09 Å². The summed E-state index contributed by atoms with van der Waals surface area (Å²) in [7, 11) is 0. The molecule has 0 aromatic rings. The van der Waals surface area contributed by atoms with Crippen molar-refractivity contribution in [3.05, 3.63) is 0 Å². The van der Waals surface area contributed by atoms with E-state index in [1.165, 1.54) is 4.90 Å². The number of piperidine rings is 1. The van der Waals surface area contributed by atoms with E-state index in [2.05, 4.69) is 0 Å². The number of aliphatic hydroxyl groups excluding tert-OH is 1. The largest absolute Gasteiger partial charge is 0.444 e. The van der Waals surface area contributed by atoms with E-state index < -0.39 is 23.5 Å². The van der Waals surface area contributed by atoms with E-state index in [1.807, 2.05) is 0 Å². The second-order valence-electron chi connectivity index (χ2n) is 5.43. The minimum Gasteiger partial charge on any atom is -0.444 e. The normalized spacial score (nSPS) is 30.2. The predicted molar refractivity (Wildman–Crippen MR) is 61.3 cm³/mol. The van der Waals surface area contributed by atoms with E-state index in [0.29, 0.717) is 0 Å². The first-order valence-corrected chi connectivity index (χ1v) is 5.73. The van der Waals surface area contributed by atoms with E-state index in [4.69, 9.17) is 10.5 Å². The second kappa shape index (κ2) is 4.78. The molecule has 100 valence electrons. The molecule has 3 N–H and O–H groups in total. The summed E-state index contributed by atoms with van der Waals surface area (Å²) in [5.41, 5.74) is 2.89. The van der Waals surface area contributed by atoms with Crippen molar-refractivity contribution in [1.29, 1.82) is 0 Å². The lowest BCUT2D eigenvalue weighted by Crippen LogP contribution is -2.58. The number of carbonyl (C=O) groups excluding carboxylic acids is 1. The van der Waals surface area contributed by atoms with Gasteiger partial charge in [0.05, 0.1) is 6.54 Å². The van der Waals surface area contributed by atoms with Crippen molar-refractivity contribution in [3.8, 4) is 0 Å². The molecule has 1 fully saturated rings. The Morgan fingerprint density at radius 2 is 2.24 bits per heavy atom. The molecule has 0 aliphatic carbocycles. The average Bonchev–Trinajstić information content (AvgIpc) is 2.19. The Labute approximate surface area is 101 Å². The van der Waals surface area contributed by atoms with Gasteiger partial charge < -0.3 is 20.5 Å². The highest BCUT2D eigenvalue weighted by Crippen LogP contribution is 2.26. The van der Waals surface area contributed by atoms with Crippen LogP contribution in [0.5, 0.6) is 0 Å². The molecule has 1 saturated heterocycles. The van der Waals surface area contributed by atoms with E-state index in [1.54, 1.807) is 20.8 Å². The van der Waals surface area contributed by atoms with Gasteiger partial charge in [-0.1, -0.05) is 0 Å². The Kier molecular flexibility index (Phi) is 3.99. The van der Waals surface area contributed by atoms with Crippen molar-refractivity contribution < 1.29 is 19.0 Å². The molecule has 1 aliphatic heterocycles. The van der Waals surface area contributed by atoms with Crippen molar-refractivity contribution in [2.75, 3.05) is 19.6 Å². The highest BCUT2D eigenvalue weighted by atomic mass is 19.1. The fourth-order valence-corrected chi connectivity index (χ4v) is 1.68. The fourth-order valence-electron chi connectivity index (χ4n) is 1.68. The van der Waals surface area contributed by atoms with Crippen molar-refractivity contribution in [2.45, 2.75) is 44.6 Å². The van der Waals surface area contributed by atoms with Gasteiger partial charge in [-0.15, -0.1) is 0 Å². The minimum atomic E-state index is -1.79. The third kappa shape index (κ3) is 3.54. The number of β-amino-alcohol motifs (C(OH)–C–C–N with tert-alkyl or cyclic N) is 1. The van der Waals surface area contributed by atoms with Crippen LogP contribution in [-0.4, -0.2) is 53.1 Å². The maximum absolute atomic E-state index is 13.9. The molecule has 0 saturated carbocycles. The number of hydrogen-bond acceptors (Lipinski definition) is 4. The molecule has 0 bridgehead atoms. The number of nitrogens with two attached hydrogens (primary N) is 1. The summed E-state index contributed by atoms with van der Waals surface area (Å²) in [6.07, 6.45) is -1.76. The van der Waals surface area contributed by atoms with Gasteiger partial charge in [-0.2, -0.15) is 0 Å². The van der Waals surface area contributed by atoms with E-state index in [9.17, 15) is 14.3 Å². The first kappa shape index (κ1) is 14.2. The molecule has 0 aromatic carbocycles. The number of rotatable bonds is 1. The second-order valence-corrected chi connectivity index (χ2v) is 5.43. The molecular formula is C11H21FN2O3. The van der Waals surface area contributed by atoms with Gasteiger partial charge in [-0.05, 0) is 20.8 Å². The predicted octanol–water partition coefficient (Wildman–Crippen LogP) is 0.655. The Hall–Kier alpha value is -0.880. The van der Waals surface area contributed by atoms with Crippen molar-refractivity contribution >= 4 is 6.09 Å². The molecule has 0 spiro atoms. The number of amides is 1. The van der Waals surface area contributed by atoms with E-state index in [0.717, 1.165) is 0 Å². The Morgan fingerprint density at radius 1 is 1.65 bits per heavy atom. The third-order valence-electron chi connectivity index (χ3n) is 2.78. The van der Waals surface area contributed by atoms with Crippen LogP contribution in [-0.2, 0) is 4.74 Å². The lowest BCUT2D eigenvalue weighted by Gasteiger charge is -2.39. The molecule has 17 heavy (non-hydrogen) atoms. The van der Waals surface area contributed by atoms with E-state index >= 15 is 0 Å². The number of likely N-dealkylation sites (tertiary alicyclic amines) is 1. The van der Waals surface area contributed by atoms with Crippen LogP contribution < -0.4 is 5.73 Å². The molecule has 0 radical (unpaired) electrons. The maximum atomic E-state index is 13.9. The summed E-state index contributed by atoms with van der Waals surface area (Å²) in [6, 6.07) is 0. The van der Waals surface area contributed by atoms with Gasteiger partial charge in [0.1, 0.15) is 11.7 Å². The lowest BCUT2D eigenvalue weighted by molar-refractivity contribution is -0.0658. The van der Waals surface area contributed by atoms with Gasteiger partial charge in [-0.3, -0.25) is 0 Å². The molecule has 6 heteroatoms. The molecule has 1 aliphatic rings. The van der Waals surface area contributed by atoms with Gasteiger partial charge in [0.2, 0.25) is 0 Å². The number of carbonyl (C=O) groups is 1. The number of nitrogens with zero attached hydrogens (tertiary/aromatic N) is 1. The van der Waals surface area contributed by atoms with Crippen molar-refractivity contribution in [2.24, 2.45) is 5.73 Å². The Balaban J connectivity index is 2.58.